The molecule has 0 saturated carbocycles. The van der Waals surface area contributed by atoms with E-state index in [4.69, 9.17) is 0 Å². The molecule has 4 rings (SSSR count). The summed E-state index contributed by atoms with van der Waals surface area (Å²) in [5.74, 6) is 1.09. The van der Waals surface area contributed by atoms with Crippen LogP contribution in [0, 0.1) is 0 Å². The number of carbonyl (C=O) groups excluding carboxylic acids is 3. The third-order valence-corrected chi connectivity index (χ3v) is 6.51. The van der Waals surface area contributed by atoms with Crippen LogP contribution in [-0.4, -0.2) is 56.1 Å². The van der Waals surface area contributed by atoms with Gasteiger partial charge in [0.05, 0.1) is 11.4 Å². The van der Waals surface area contributed by atoms with Gasteiger partial charge in [0.2, 0.25) is 5.91 Å². The summed E-state index contributed by atoms with van der Waals surface area (Å²) in [7, 11) is 0. The quantitative estimate of drug-likeness (QED) is 0.731. The number of aromatic nitrogens is 2. The molecular weight excluding hydrogens is 402 g/mol. The second-order valence-electron chi connectivity index (χ2n) is 8.67. The number of nitrogens with zero attached hydrogens (tertiary/aromatic N) is 3. The van der Waals surface area contributed by atoms with Crippen LogP contribution >= 0.6 is 11.8 Å². The van der Waals surface area contributed by atoms with Gasteiger partial charge < -0.3 is 10.6 Å². The van der Waals surface area contributed by atoms with Gasteiger partial charge in [-0.05, 0) is 24.3 Å². The Kier molecular flexibility index (Phi) is 5.09. The van der Waals surface area contributed by atoms with E-state index in [0.29, 0.717) is 18.0 Å². The van der Waals surface area contributed by atoms with Crippen molar-refractivity contribution in [3.8, 4) is 5.69 Å². The molecule has 2 saturated heterocycles. The van der Waals surface area contributed by atoms with Gasteiger partial charge in [0.15, 0.2) is 0 Å². The van der Waals surface area contributed by atoms with Crippen LogP contribution in [-0.2, 0) is 15.0 Å². The smallest absolute Gasteiger partial charge is 0.322 e. The summed E-state index contributed by atoms with van der Waals surface area (Å²) >= 11 is 1.63. The fourth-order valence-corrected chi connectivity index (χ4v) is 4.91. The van der Waals surface area contributed by atoms with Gasteiger partial charge in [-0.3, -0.25) is 14.5 Å². The normalized spacial score (nSPS) is 21.4. The Morgan fingerprint density at radius 1 is 1.27 bits per heavy atom. The summed E-state index contributed by atoms with van der Waals surface area (Å²) in [5, 5.41) is 10.3. The van der Waals surface area contributed by atoms with Crippen LogP contribution < -0.4 is 10.6 Å². The number of hydrogen-bond acceptors (Lipinski definition) is 5. The van der Waals surface area contributed by atoms with Crippen molar-refractivity contribution in [1.82, 2.24) is 20.0 Å². The van der Waals surface area contributed by atoms with E-state index in [0.717, 1.165) is 22.0 Å². The minimum Gasteiger partial charge on any atom is -0.322 e. The first-order valence-corrected chi connectivity index (χ1v) is 11.0. The Morgan fingerprint density at radius 3 is 2.63 bits per heavy atom. The molecule has 1 aromatic heterocycles. The zero-order valence-electron chi connectivity index (χ0n) is 17.3. The standard InChI is InChI=1S/C21H25N5O3S/c1-20(2,3)15-11-16(26(24-15)14-7-5-4-6-8-14)22-17(27)12-25-18(28)21(23-19(25)29)9-10-30-13-21/h4-8,11H,9-10,12-13H2,1-3H3,(H,22,27)(H,23,29). The van der Waals surface area contributed by atoms with Gasteiger partial charge in [0.25, 0.3) is 5.91 Å². The Bertz CT molecular complexity index is 990. The number of nitrogens with one attached hydrogen (secondary N) is 2. The molecule has 2 aliphatic rings. The molecule has 2 aliphatic heterocycles. The average Bonchev–Trinajstić information content (AvgIpc) is 3.38. The Hall–Kier alpha value is -2.81. The van der Waals surface area contributed by atoms with Gasteiger partial charge in [-0.15, -0.1) is 0 Å². The van der Waals surface area contributed by atoms with Gasteiger partial charge in [-0.2, -0.15) is 16.9 Å². The summed E-state index contributed by atoms with van der Waals surface area (Å²) in [4.78, 5) is 38.9. The molecule has 2 N–H and O–H groups in total. The van der Waals surface area contributed by atoms with Crippen LogP contribution in [0.4, 0.5) is 10.6 Å². The highest BCUT2D eigenvalue weighted by Gasteiger charge is 2.53. The van der Waals surface area contributed by atoms with Gasteiger partial charge in [0.1, 0.15) is 17.9 Å². The second-order valence-corrected chi connectivity index (χ2v) is 9.77. The van der Waals surface area contributed by atoms with Crippen molar-refractivity contribution >= 4 is 35.4 Å². The number of thioether (sulfide) groups is 1. The molecule has 4 amide bonds. The molecule has 8 nitrogen and oxygen atoms in total. The Balaban J connectivity index is 1.55. The molecule has 2 aromatic rings. The number of hydrogen-bond donors (Lipinski definition) is 2. The molecule has 2 fully saturated rings. The van der Waals surface area contributed by atoms with Crippen LogP contribution in [0.3, 0.4) is 0 Å². The van der Waals surface area contributed by atoms with Crippen molar-refractivity contribution in [3.63, 3.8) is 0 Å². The highest BCUT2D eigenvalue weighted by Crippen LogP contribution is 2.33. The summed E-state index contributed by atoms with van der Waals surface area (Å²) in [6.45, 7) is 5.80. The van der Waals surface area contributed by atoms with Crippen molar-refractivity contribution in [3.05, 3.63) is 42.1 Å². The van der Waals surface area contributed by atoms with Crippen molar-refractivity contribution in [2.24, 2.45) is 0 Å². The zero-order valence-corrected chi connectivity index (χ0v) is 18.1. The lowest BCUT2D eigenvalue weighted by Gasteiger charge is -2.19. The predicted molar refractivity (Wildman–Crippen MR) is 116 cm³/mol. The first kappa shape index (κ1) is 20.5. The van der Waals surface area contributed by atoms with E-state index in [1.54, 1.807) is 16.4 Å². The molecule has 158 valence electrons. The first-order valence-electron chi connectivity index (χ1n) is 9.87. The number of benzene rings is 1. The maximum Gasteiger partial charge on any atom is 0.325 e. The van der Waals surface area contributed by atoms with Gasteiger partial charge in [-0.25, -0.2) is 9.48 Å². The van der Waals surface area contributed by atoms with E-state index < -0.39 is 17.5 Å². The maximum atomic E-state index is 12.8. The number of amides is 4. The molecule has 0 radical (unpaired) electrons. The third kappa shape index (κ3) is 3.69. The minimum atomic E-state index is -0.854. The molecule has 0 aliphatic carbocycles. The van der Waals surface area contributed by atoms with Crippen LogP contribution in [0.15, 0.2) is 36.4 Å². The number of carbonyl (C=O) groups is 3. The highest BCUT2D eigenvalue weighted by molar-refractivity contribution is 7.99. The average molecular weight is 428 g/mol. The van der Waals surface area contributed by atoms with Crippen molar-refractivity contribution in [2.75, 3.05) is 23.4 Å². The van der Waals surface area contributed by atoms with E-state index in [-0.39, 0.29) is 17.9 Å². The Labute approximate surface area is 179 Å². The monoisotopic (exact) mass is 427 g/mol. The zero-order chi connectivity index (χ0) is 21.5. The molecule has 1 atom stereocenters. The van der Waals surface area contributed by atoms with Gasteiger partial charge >= 0.3 is 6.03 Å². The van der Waals surface area contributed by atoms with Crippen molar-refractivity contribution in [1.29, 1.82) is 0 Å². The summed E-state index contributed by atoms with van der Waals surface area (Å²) in [6.07, 6.45) is 0.593. The fourth-order valence-electron chi connectivity index (χ4n) is 3.58. The Morgan fingerprint density at radius 2 is 2.00 bits per heavy atom. The molecule has 1 unspecified atom stereocenters. The lowest BCUT2D eigenvalue weighted by Crippen LogP contribution is -2.47. The fraction of sp³-hybridized carbons (Fsp3) is 0.429. The molecular formula is C21H25N5O3S. The SMILES string of the molecule is CC(C)(C)c1cc(NC(=O)CN2C(=O)NC3(CCSC3)C2=O)n(-c2ccccc2)n1. The van der Waals surface area contributed by atoms with Crippen LogP contribution in [0.2, 0.25) is 0 Å². The van der Waals surface area contributed by atoms with Crippen LogP contribution in [0.1, 0.15) is 32.9 Å². The molecule has 1 aromatic carbocycles. The minimum absolute atomic E-state index is 0.211. The lowest BCUT2D eigenvalue weighted by atomic mass is 9.92. The van der Waals surface area contributed by atoms with Gasteiger partial charge in [0, 0.05) is 17.2 Å². The summed E-state index contributed by atoms with van der Waals surface area (Å²) in [5.41, 5.74) is 0.558. The van der Waals surface area contributed by atoms with Crippen LogP contribution in [0.25, 0.3) is 5.69 Å². The molecule has 1 spiro atoms. The van der Waals surface area contributed by atoms with Crippen molar-refractivity contribution < 1.29 is 14.4 Å². The number of urea groups is 1. The third-order valence-electron chi connectivity index (χ3n) is 5.32. The first-order chi connectivity index (χ1) is 14.2. The molecule has 3 heterocycles. The van der Waals surface area contributed by atoms with E-state index in [1.807, 2.05) is 57.2 Å². The number of rotatable bonds is 4. The summed E-state index contributed by atoms with van der Waals surface area (Å²) < 4.78 is 1.67. The number of anilines is 1. The molecule has 0 bridgehead atoms. The molecule has 30 heavy (non-hydrogen) atoms. The topological polar surface area (TPSA) is 96.3 Å². The number of imide groups is 1. The second kappa shape index (κ2) is 7.46. The lowest BCUT2D eigenvalue weighted by molar-refractivity contribution is -0.133. The largest absolute Gasteiger partial charge is 0.325 e. The van der Waals surface area contributed by atoms with E-state index >= 15 is 0 Å². The van der Waals surface area contributed by atoms with E-state index in [9.17, 15) is 14.4 Å². The maximum absolute atomic E-state index is 12.8. The molecule has 9 heteroatoms. The highest BCUT2D eigenvalue weighted by atomic mass is 32.2. The van der Waals surface area contributed by atoms with Crippen molar-refractivity contribution in [2.45, 2.75) is 38.1 Å². The summed E-state index contributed by atoms with van der Waals surface area (Å²) in [6, 6.07) is 10.8. The van der Waals surface area contributed by atoms with E-state index in [1.165, 1.54) is 0 Å². The van der Waals surface area contributed by atoms with Gasteiger partial charge in [-0.1, -0.05) is 39.0 Å². The number of para-hydroxylation sites is 1. The van der Waals surface area contributed by atoms with E-state index in [2.05, 4.69) is 15.7 Å². The van der Waals surface area contributed by atoms with Crippen LogP contribution in [0.5, 0.6) is 0 Å². The predicted octanol–water partition coefficient (Wildman–Crippen LogP) is 2.54.